The van der Waals surface area contributed by atoms with Crippen LogP contribution in [0.5, 0.6) is 0 Å². The van der Waals surface area contributed by atoms with Gasteiger partial charge in [-0.15, -0.1) is 0 Å². The molecule has 0 aliphatic rings. The summed E-state index contributed by atoms with van der Waals surface area (Å²) >= 11 is 7.97. The molecule has 18 heavy (non-hydrogen) atoms. The number of hydrogen-bond acceptors (Lipinski definition) is 3. The van der Waals surface area contributed by atoms with Crippen LogP contribution in [-0.2, 0) is 11.3 Å². The van der Waals surface area contributed by atoms with Crippen LogP contribution < -0.4 is 11.1 Å². The predicted octanol–water partition coefficient (Wildman–Crippen LogP) is 2.36. The number of anilines is 2. The third-order valence-corrected chi connectivity index (χ3v) is 2.99. The minimum Gasteiger partial charge on any atom is -0.397 e. The molecule has 0 radical (unpaired) electrons. The van der Waals surface area contributed by atoms with E-state index in [2.05, 4.69) is 33.0 Å². The van der Waals surface area contributed by atoms with Gasteiger partial charge in [0, 0.05) is 11.2 Å². The monoisotopic (exact) mass is 376 g/mol. The van der Waals surface area contributed by atoms with Crippen molar-refractivity contribution in [1.82, 2.24) is 9.78 Å². The normalized spacial score (nSPS) is 10.3. The third-order valence-electron chi connectivity index (χ3n) is 2.20. The lowest BCUT2D eigenvalue weighted by molar-refractivity contribution is -0.116. The summed E-state index contributed by atoms with van der Waals surface area (Å²) in [5.74, 6) is -0.205. The van der Waals surface area contributed by atoms with Gasteiger partial charge in [-0.25, -0.2) is 0 Å². The third kappa shape index (κ3) is 3.36. The number of nitrogen functional groups attached to an aromatic ring is 1. The molecule has 0 aliphatic heterocycles. The number of benzene rings is 1. The molecule has 1 amide bonds. The van der Waals surface area contributed by atoms with Crippen molar-refractivity contribution in [2.45, 2.75) is 6.54 Å². The molecule has 3 N–H and O–H groups in total. The number of carbonyl (C=O) groups is 1. The molecule has 2 rings (SSSR count). The van der Waals surface area contributed by atoms with Gasteiger partial charge in [0.1, 0.15) is 6.54 Å². The van der Waals surface area contributed by atoms with Crippen molar-refractivity contribution in [2.75, 3.05) is 11.1 Å². The highest BCUT2D eigenvalue weighted by Gasteiger charge is 2.07. The van der Waals surface area contributed by atoms with Crippen molar-refractivity contribution >= 4 is 51.5 Å². The molecule has 0 fully saturated rings. The molecular formula is C11H10ClIN4O. The average molecular weight is 377 g/mol. The quantitative estimate of drug-likeness (QED) is 0.638. The van der Waals surface area contributed by atoms with E-state index >= 15 is 0 Å². The van der Waals surface area contributed by atoms with Gasteiger partial charge >= 0.3 is 0 Å². The Kier molecular flexibility index (Phi) is 4.07. The molecule has 0 unspecified atom stereocenters. The molecule has 1 aromatic heterocycles. The minimum absolute atomic E-state index is 0.134. The fraction of sp³-hybridized carbons (Fsp3) is 0.0909. The van der Waals surface area contributed by atoms with Gasteiger partial charge in [-0.2, -0.15) is 5.10 Å². The largest absolute Gasteiger partial charge is 0.397 e. The summed E-state index contributed by atoms with van der Waals surface area (Å²) in [6.45, 7) is 0.134. The lowest BCUT2D eigenvalue weighted by Crippen LogP contribution is -2.19. The standard InChI is InChI=1S/C11H10ClIN4O/c12-7-1-2-9(14)10(3-7)16-11(18)6-17-5-8(13)4-15-17/h1-5H,6,14H2,(H,16,18). The van der Waals surface area contributed by atoms with Crippen molar-refractivity contribution in [3.8, 4) is 0 Å². The molecule has 7 heteroatoms. The maximum Gasteiger partial charge on any atom is 0.246 e. The van der Waals surface area contributed by atoms with Crippen molar-refractivity contribution in [2.24, 2.45) is 0 Å². The maximum atomic E-state index is 11.8. The first kappa shape index (κ1) is 13.2. The molecule has 0 aliphatic carbocycles. The van der Waals surface area contributed by atoms with Gasteiger partial charge in [0.05, 0.1) is 21.1 Å². The summed E-state index contributed by atoms with van der Waals surface area (Å²) in [5.41, 5.74) is 6.72. The smallest absolute Gasteiger partial charge is 0.246 e. The minimum atomic E-state index is -0.205. The van der Waals surface area contributed by atoms with E-state index in [0.29, 0.717) is 16.4 Å². The van der Waals surface area contributed by atoms with Gasteiger partial charge in [-0.1, -0.05) is 11.6 Å². The topological polar surface area (TPSA) is 72.9 Å². The number of nitrogens with one attached hydrogen (secondary N) is 1. The highest BCUT2D eigenvalue weighted by molar-refractivity contribution is 14.1. The molecule has 5 nitrogen and oxygen atoms in total. The van der Waals surface area contributed by atoms with Gasteiger partial charge < -0.3 is 11.1 Å². The molecule has 0 saturated heterocycles. The van der Waals surface area contributed by atoms with Crippen molar-refractivity contribution < 1.29 is 4.79 Å². The first-order valence-electron chi connectivity index (χ1n) is 5.07. The lowest BCUT2D eigenvalue weighted by atomic mass is 10.2. The van der Waals surface area contributed by atoms with Gasteiger partial charge in [0.25, 0.3) is 0 Å². The summed E-state index contributed by atoms with van der Waals surface area (Å²) in [7, 11) is 0. The van der Waals surface area contributed by atoms with Gasteiger partial charge in [0.2, 0.25) is 5.91 Å². The highest BCUT2D eigenvalue weighted by Crippen LogP contribution is 2.22. The van der Waals surface area contributed by atoms with Crippen molar-refractivity contribution in [1.29, 1.82) is 0 Å². The van der Waals surface area contributed by atoms with E-state index in [1.807, 2.05) is 0 Å². The SMILES string of the molecule is Nc1ccc(Cl)cc1NC(=O)Cn1cc(I)cn1. The predicted molar refractivity (Wildman–Crippen MR) is 79.4 cm³/mol. The fourth-order valence-electron chi connectivity index (χ4n) is 1.40. The van der Waals surface area contributed by atoms with Crippen LogP contribution in [0.1, 0.15) is 0 Å². The Balaban J connectivity index is 2.05. The summed E-state index contributed by atoms with van der Waals surface area (Å²) in [5, 5.41) is 7.25. The molecule has 0 spiro atoms. The molecule has 1 aromatic carbocycles. The van der Waals surface area contributed by atoms with Crippen LogP contribution in [0.25, 0.3) is 0 Å². The van der Waals surface area contributed by atoms with E-state index in [0.717, 1.165) is 3.57 Å². The van der Waals surface area contributed by atoms with E-state index in [-0.39, 0.29) is 12.5 Å². The first-order chi connectivity index (χ1) is 8.54. The van der Waals surface area contributed by atoms with E-state index in [1.54, 1.807) is 35.3 Å². The summed E-state index contributed by atoms with van der Waals surface area (Å²) in [6, 6.07) is 4.93. The number of nitrogens with zero attached hydrogens (tertiary/aromatic N) is 2. The summed E-state index contributed by atoms with van der Waals surface area (Å²) in [4.78, 5) is 11.8. The van der Waals surface area contributed by atoms with Crippen LogP contribution in [0.2, 0.25) is 5.02 Å². The second-order valence-electron chi connectivity index (χ2n) is 3.64. The first-order valence-corrected chi connectivity index (χ1v) is 6.53. The Morgan fingerprint density at radius 2 is 2.33 bits per heavy atom. The maximum absolute atomic E-state index is 11.8. The van der Waals surface area contributed by atoms with Crippen LogP contribution in [-0.4, -0.2) is 15.7 Å². The Bertz CT molecular complexity index is 584. The van der Waals surface area contributed by atoms with Crippen LogP contribution in [0.4, 0.5) is 11.4 Å². The molecule has 2 aromatic rings. The van der Waals surface area contributed by atoms with E-state index in [9.17, 15) is 4.79 Å². The number of nitrogens with two attached hydrogens (primary N) is 1. The Morgan fingerprint density at radius 1 is 1.56 bits per heavy atom. The lowest BCUT2D eigenvalue weighted by Gasteiger charge is -2.08. The van der Waals surface area contributed by atoms with Gasteiger partial charge in [-0.3, -0.25) is 9.48 Å². The molecule has 1 heterocycles. The van der Waals surface area contributed by atoms with Gasteiger partial charge in [0.15, 0.2) is 0 Å². The van der Waals surface area contributed by atoms with Crippen molar-refractivity contribution in [3.05, 3.63) is 39.2 Å². The summed E-state index contributed by atoms with van der Waals surface area (Å²) in [6.07, 6.45) is 3.46. The van der Waals surface area contributed by atoms with Crippen molar-refractivity contribution in [3.63, 3.8) is 0 Å². The number of aromatic nitrogens is 2. The Labute approximate surface area is 122 Å². The average Bonchev–Trinajstić information content (AvgIpc) is 2.69. The fourth-order valence-corrected chi connectivity index (χ4v) is 2.02. The van der Waals surface area contributed by atoms with Crippen LogP contribution >= 0.6 is 34.2 Å². The number of hydrogen-bond donors (Lipinski definition) is 2. The Hall–Kier alpha value is -1.28. The van der Waals surface area contributed by atoms with E-state index < -0.39 is 0 Å². The van der Waals surface area contributed by atoms with Crippen LogP contribution in [0, 0.1) is 3.57 Å². The molecule has 0 saturated carbocycles. The molecular weight excluding hydrogens is 367 g/mol. The molecule has 0 atom stereocenters. The second kappa shape index (κ2) is 5.57. The second-order valence-corrected chi connectivity index (χ2v) is 5.32. The number of halogens is 2. The zero-order chi connectivity index (χ0) is 13.1. The number of rotatable bonds is 3. The zero-order valence-electron chi connectivity index (χ0n) is 9.23. The zero-order valence-corrected chi connectivity index (χ0v) is 12.1. The number of amides is 1. The van der Waals surface area contributed by atoms with Gasteiger partial charge in [-0.05, 0) is 40.8 Å². The number of carbonyl (C=O) groups excluding carboxylic acids is 1. The van der Waals surface area contributed by atoms with E-state index in [1.165, 1.54) is 0 Å². The summed E-state index contributed by atoms with van der Waals surface area (Å²) < 4.78 is 2.53. The van der Waals surface area contributed by atoms with E-state index in [4.69, 9.17) is 17.3 Å². The molecule has 0 bridgehead atoms. The molecule has 94 valence electrons. The van der Waals surface area contributed by atoms with Crippen LogP contribution in [0.15, 0.2) is 30.6 Å². The van der Waals surface area contributed by atoms with Crippen LogP contribution in [0.3, 0.4) is 0 Å². The highest BCUT2D eigenvalue weighted by atomic mass is 127. The Morgan fingerprint density at radius 3 is 3.00 bits per heavy atom.